The van der Waals surface area contributed by atoms with Gasteiger partial charge in [0, 0.05) is 14.8 Å². The second-order valence-corrected chi connectivity index (χ2v) is 5.10. The molecule has 0 radical (unpaired) electrons. The number of thiophene rings is 1. The van der Waals surface area contributed by atoms with E-state index in [4.69, 9.17) is 0 Å². The zero-order valence-electron chi connectivity index (χ0n) is 6.80. The average molecular weight is 277 g/mol. The standard InChI is InChI=1S/C9H6BrFS2/c1-12-7-4-6(11)5-2-3-13-9(5)8(7)10/h2-4H,1H3. The Kier molecular flexibility index (Phi) is 2.62. The summed E-state index contributed by atoms with van der Waals surface area (Å²) in [6.07, 6.45) is 1.94. The van der Waals surface area contributed by atoms with Crippen molar-refractivity contribution in [1.82, 2.24) is 0 Å². The van der Waals surface area contributed by atoms with Gasteiger partial charge in [-0.05, 0) is 39.7 Å². The quantitative estimate of drug-likeness (QED) is 0.690. The first-order chi connectivity index (χ1) is 6.24. The number of thioether (sulfide) groups is 1. The molecule has 1 aromatic carbocycles. The van der Waals surface area contributed by atoms with Crippen molar-refractivity contribution < 1.29 is 4.39 Å². The maximum Gasteiger partial charge on any atom is 0.133 e. The van der Waals surface area contributed by atoms with E-state index < -0.39 is 0 Å². The number of rotatable bonds is 1. The monoisotopic (exact) mass is 276 g/mol. The normalized spacial score (nSPS) is 11.0. The van der Waals surface area contributed by atoms with Crippen LogP contribution in [0.1, 0.15) is 0 Å². The predicted octanol–water partition coefficient (Wildman–Crippen LogP) is 4.52. The molecule has 2 rings (SSSR count). The van der Waals surface area contributed by atoms with Crippen LogP contribution in [0.3, 0.4) is 0 Å². The third kappa shape index (κ3) is 1.51. The number of hydrogen-bond acceptors (Lipinski definition) is 2. The van der Waals surface area contributed by atoms with Crippen LogP contribution in [0.15, 0.2) is 26.9 Å². The van der Waals surface area contributed by atoms with Gasteiger partial charge in [0.1, 0.15) is 5.82 Å². The molecule has 0 saturated heterocycles. The Labute approximate surface area is 92.3 Å². The summed E-state index contributed by atoms with van der Waals surface area (Å²) in [7, 11) is 0. The Hall–Kier alpha value is -0.0600. The molecular weight excluding hydrogens is 271 g/mol. The van der Waals surface area contributed by atoms with E-state index in [9.17, 15) is 4.39 Å². The molecule has 0 saturated carbocycles. The Morgan fingerprint density at radius 3 is 3.00 bits per heavy atom. The minimum Gasteiger partial charge on any atom is -0.206 e. The lowest BCUT2D eigenvalue weighted by Gasteiger charge is -2.02. The van der Waals surface area contributed by atoms with Crippen molar-refractivity contribution in [2.24, 2.45) is 0 Å². The van der Waals surface area contributed by atoms with Gasteiger partial charge in [-0.25, -0.2) is 4.39 Å². The van der Waals surface area contributed by atoms with Crippen LogP contribution >= 0.6 is 39.0 Å². The van der Waals surface area contributed by atoms with Gasteiger partial charge in [0.15, 0.2) is 0 Å². The van der Waals surface area contributed by atoms with E-state index in [1.807, 2.05) is 17.7 Å². The van der Waals surface area contributed by atoms with Crippen molar-refractivity contribution in [1.29, 1.82) is 0 Å². The Morgan fingerprint density at radius 2 is 2.31 bits per heavy atom. The molecule has 0 aliphatic heterocycles. The molecule has 0 fully saturated rings. The Morgan fingerprint density at radius 1 is 1.54 bits per heavy atom. The number of benzene rings is 1. The summed E-state index contributed by atoms with van der Waals surface area (Å²) in [6, 6.07) is 3.38. The lowest BCUT2D eigenvalue weighted by molar-refractivity contribution is 0.636. The van der Waals surface area contributed by atoms with Crippen molar-refractivity contribution in [3.63, 3.8) is 0 Å². The van der Waals surface area contributed by atoms with Crippen molar-refractivity contribution in [3.8, 4) is 0 Å². The van der Waals surface area contributed by atoms with Crippen LogP contribution in [0.4, 0.5) is 4.39 Å². The fraction of sp³-hybridized carbons (Fsp3) is 0.111. The van der Waals surface area contributed by atoms with Crippen molar-refractivity contribution in [2.75, 3.05) is 6.26 Å². The molecule has 0 atom stereocenters. The zero-order valence-corrected chi connectivity index (χ0v) is 10.0. The van der Waals surface area contributed by atoms with Crippen LogP contribution in [-0.4, -0.2) is 6.26 Å². The van der Waals surface area contributed by atoms with E-state index in [1.54, 1.807) is 29.2 Å². The summed E-state index contributed by atoms with van der Waals surface area (Å²) in [5.74, 6) is -0.135. The highest BCUT2D eigenvalue weighted by atomic mass is 79.9. The molecule has 0 bridgehead atoms. The van der Waals surface area contributed by atoms with Crippen LogP contribution in [-0.2, 0) is 0 Å². The minimum atomic E-state index is -0.135. The maximum absolute atomic E-state index is 13.4. The molecule has 0 nitrogen and oxygen atoms in total. The molecular formula is C9H6BrFS2. The number of fused-ring (bicyclic) bond motifs is 1. The highest BCUT2D eigenvalue weighted by Crippen LogP contribution is 2.37. The van der Waals surface area contributed by atoms with Gasteiger partial charge in [0.05, 0.1) is 4.70 Å². The predicted molar refractivity (Wildman–Crippen MR) is 61.3 cm³/mol. The summed E-state index contributed by atoms with van der Waals surface area (Å²) in [6.45, 7) is 0. The highest BCUT2D eigenvalue weighted by molar-refractivity contribution is 9.10. The molecule has 0 spiro atoms. The summed E-state index contributed by atoms with van der Waals surface area (Å²) in [5.41, 5.74) is 0. The number of hydrogen-bond donors (Lipinski definition) is 0. The average Bonchev–Trinajstić information content (AvgIpc) is 2.60. The van der Waals surface area contributed by atoms with Crippen molar-refractivity contribution in [2.45, 2.75) is 4.90 Å². The van der Waals surface area contributed by atoms with Gasteiger partial charge in [0.2, 0.25) is 0 Å². The topological polar surface area (TPSA) is 0 Å². The van der Waals surface area contributed by atoms with Gasteiger partial charge in [-0.15, -0.1) is 23.1 Å². The largest absolute Gasteiger partial charge is 0.206 e. The molecule has 0 unspecified atom stereocenters. The fourth-order valence-electron chi connectivity index (χ4n) is 1.18. The van der Waals surface area contributed by atoms with Gasteiger partial charge >= 0.3 is 0 Å². The third-order valence-electron chi connectivity index (χ3n) is 1.82. The van der Waals surface area contributed by atoms with E-state index in [-0.39, 0.29) is 5.82 Å². The number of halogens is 2. The van der Waals surface area contributed by atoms with Crippen LogP contribution in [0.2, 0.25) is 0 Å². The van der Waals surface area contributed by atoms with E-state index >= 15 is 0 Å². The molecule has 4 heteroatoms. The molecule has 13 heavy (non-hydrogen) atoms. The van der Waals surface area contributed by atoms with Gasteiger partial charge < -0.3 is 0 Å². The SMILES string of the molecule is CSc1cc(F)c2ccsc2c1Br. The molecule has 0 amide bonds. The van der Waals surface area contributed by atoms with Crippen LogP contribution in [0.5, 0.6) is 0 Å². The molecule has 0 aliphatic carbocycles. The smallest absolute Gasteiger partial charge is 0.133 e. The third-order valence-corrected chi connectivity index (χ3v) is 4.86. The first kappa shape index (κ1) is 9.49. The zero-order chi connectivity index (χ0) is 9.42. The molecule has 1 heterocycles. The van der Waals surface area contributed by atoms with Crippen LogP contribution in [0, 0.1) is 5.82 Å². The molecule has 68 valence electrons. The molecule has 1 aromatic heterocycles. The first-order valence-corrected chi connectivity index (χ1v) is 6.53. The maximum atomic E-state index is 13.4. The van der Waals surface area contributed by atoms with E-state index in [2.05, 4.69) is 15.9 Å². The van der Waals surface area contributed by atoms with E-state index in [0.29, 0.717) is 5.39 Å². The van der Waals surface area contributed by atoms with Crippen LogP contribution < -0.4 is 0 Å². The molecule has 2 aromatic rings. The molecule has 0 N–H and O–H groups in total. The second-order valence-electron chi connectivity index (χ2n) is 2.54. The minimum absolute atomic E-state index is 0.135. The summed E-state index contributed by atoms with van der Waals surface area (Å²) in [4.78, 5) is 0.951. The van der Waals surface area contributed by atoms with E-state index in [1.165, 1.54) is 0 Å². The Bertz CT molecular complexity index is 450. The fourth-order valence-corrected chi connectivity index (χ4v) is 3.69. The lowest BCUT2D eigenvalue weighted by Crippen LogP contribution is -1.79. The molecule has 0 aliphatic rings. The van der Waals surface area contributed by atoms with Crippen molar-refractivity contribution >= 4 is 49.1 Å². The Balaban J connectivity index is 2.85. The van der Waals surface area contributed by atoms with Crippen LogP contribution in [0.25, 0.3) is 10.1 Å². The summed E-state index contributed by atoms with van der Waals surface area (Å²) >= 11 is 6.58. The summed E-state index contributed by atoms with van der Waals surface area (Å²) < 4.78 is 15.4. The first-order valence-electron chi connectivity index (χ1n) is 3.63. The lowest BCUT2D eigenvalue weighted by atomic mass is 10.2. The second kappa shape index (κ2) is 3.59. The summed E-state index contributed by atoms with van der Waals surface area (Å²) in [5, 5.41) is 2.61. The van der Waals surface area contributed by atoms with Crippen molar-refractivity contribution in [3.05, 3.63) is 27.8 Å². The van der Waals surface area contributed by atoms with Gasteiger partial charge in [0.25, 0.3) is 0 Å². The van der Waals surface area contributed by atoms with Gasteiger partial charge in [-0.2, -0.15) is 0 Å². The van der Waals surface area contributed by atoms with Gasteiger partial charge in [-0.1, -0.05) is 0 Å². The van der Waals surface area contributed by atoms with E-state index in [0.717, 1.165) is 14.1 Å². The highest BCUT2D eigenvalue weighted by Gasteiger charge is 2.10. The van der Waals surface area contributed by atoms with Gasteiger partial charge in [-0.3, -0.25) is 0 Å².